The Morgan fingerprint density at radius 2 is 2.05 bits per heavy atom. The first-order valence-corrected chi connectivity index (χ1v) is 7.36. The molecule has 5 heteroatoms. The third-order valence-electron chi connectivity index (χ3n) is 3.70. The largest absolute Gasteiger partial charge is 0.368 e. The van der Waals surface area contributed by atoms with Crippen LogP contribution in [0.25, 0.3) is 0 Å². The van der Waals surface area contributed by atoms with E-state index < -0.39 is 11.9 Å². The Morgan fingerprint density at radius 3 is 2.68 bits per heavy atom. The number of amides is 2. The number of carbonyl (C=O) groups is 2. The molecule has 0 aliphatic carbocycles. The van der Waals surface area contributed by atoms with Crippen molar-refractivity contribution in [3.05, 3.63) is 32.4 Å². The topological polar surface area (TPSA) is 63.4 Å². The van der Waals surface area contributed by atoms with Gasteiger partial charge in [0.05, 0.1) is 0 Å². The number of hydrogen-bond donors (Lipinski definition) is 1. The van der Waals surface area contributed by atoms with Gasteiger partial charge in [-0.3, -0.25) is 9.59 Å². The summed E-state index contributed by atoms with van der Waals surface area (Å²) in [5.41, 5.74) is 8.11. The maximum Gasteiger partial charge on any atom is 0.254 e. The van der Waals surface area contributed by atoms with Crippen molar-refractivity contribution in [2.45, 2.75) is 32.7 Å². The van der Waals surface area contributed by atoms with Gasteiger partial charge in [0.2, 0.25) is 5.91 Å². The molecule has 1 unspecified atom stereocenters. The van der Waals surface area contributed by atoms with E-state index in [0.29, 0.717) is 18.5 Å². The second kappa shape index (κ2) is 5.48. The third kappa shape index (κ3) is 2.75. The SMILES string of the molecule is Cc1cc(I)cc(C(=O)N2CCCC2C(N)=O)c1C. The highest BCUT2D eigenvalue weighted by Gasteiger charge is 2.33. The van der Waals surface area contributed by atoms with Gasteiger partial charge < -0.3 is 10.6 Å². The Morgan fingerprint density at radius 1 is 1.37 bits per heavy atom. The molecule has 1 aromatic rings. The molecule has 1 heterocycles. The van der Waals surface area contributed by atoms with Crippen molar-refractivity contribution in [1.82, 2.24) is 4.90 Å². The molecule has 0 aromatic heterocycles. The van der Waals surface area contributed by atoms with Crippen LogP contribution in [0.3, 0.4) is 0 Å². The summed E-state index contributed by atoms with van der Waals surface area (Å²) in [6, 6.07) is 3.47. The van der Waals surface area contributed by atoms with Gasteiger partial charge in [-0.25, -0.2) is 0 Å². The molecular weight excluding hydrogens is 355 g/mol. The standard InChI is InChI=1S/C14H17IN2O2/c1-8-6-10(15)7-11(9(8)2)14(19)17-5-3-4-12(17)13(16)18/h6-7,12H,3-5H2,1-2H3,(H2,16,18). The Balaban J connectivity index is 2.37. The molecule has 2 amide bonds. The van der Waals surface area contributed by atoms with Gasteiger partial charge in [-0.15, -0.1) is 0 Å². The number of likely N-dealkylation sites (tertiary alicyclic amines) is 1. The van der Waals surface area contributed by atoms with Crippen LogP contribution in [0.1, 0.15) is 34.3 Å². The summed E-state index contributed by atoms with van der Waals surface area (Å²) in [4.78, 5) is 25.6. The quantitative estimate of drug-likeness (QED) is 0.808. The van der Waals surface area contributed by atoms with Crippen molar-refractivity contribution in [2.75, 3.05) is 6.54 Å². The molecule has 0 bridgehead atoms. The lowest BCUT2D eigenvalue weighted by molar-refractivity contribution is -0.121. The molecule has 0 saturated carbocycles. The van der Waals surface area contributed by atoms with Gasteiger partial charge in [0.25, 0.3) is 5.91 Å². The lowest BCUT2D eigenvalue weighted by Gasteiger charge is -2.23. The van der Waals surface area contributed by atoms with Crippen LogP contribution in [0, 0.1) is 17.4 Å². The van der Waals surface area contributed by atoms with Crippen LogP contribution in [0.15, 0.2) is 12.1 Å². The summed E-state index contributed by atoms with van der Waals surface area (Å²) in [6.07, 6.45) is 1.50. The molecule has 4 nitrogen and oxygen atoms in total. The fourth-order valence-electron chi connectivity index (χ4n) is 2.50. The predicted octanol–water partition coefficient (Wildman–Crippen LogP) is 2.00. The summed E-state index contributed by atoms with van der Waals surface area (Å²) in [5, 5.41) is 0. The van der Waals surface area contributed by atoms with Crippen LogP contribution < -0.4 is 5.73 Å². The van der Waals surface area contributed by atoms with Crippen molar-refractivity contribution >= 4 is 34.4 Å². The van der Waals surface area contributed by atoms with Crippen molar-refractivity contribution in [3.8, 4) is 0 Å². The van der Waals surface area contributed by atoms with Gasteiger partial charge in [-0.2, -0.15) is 0 Å². The first kappa shape index (κ1) is 14.3. The number of nitrogens with two attached hydrogens (primary N) is 1. The van der Waals surface area contributed by atoms with E-state index in [-0.39, 0.29) is 5.91 Å². The van der Waals surface area contributed by atoms with E-state index in [1.54, 1.807) is 4.90 Å². The Bertz CT molecular complexity index is 542. The number of aryl methyl sites for hydroxylation is 1. The van der Waals surface area contributed by atoms with Crippen LogP contribution >= 0.6 is 22.6 Å². The summed E-state index contributed by atoms with van der Waals surface area (Å²) in [6.45, 7) is 4.54. The van der Waals surface area contributed by atoms with Crippen LogP contribution in [0.2, 0.25) is 0 Å². The molecule has 0 spiro atoms. The van der Waals surface area contributed by atoms with E-state index in [4.69, 9.17) is 5.73 Å². The number of halogens is 1. The smallest absolute Gasteiger partial charge is 0.254 e. The molecule has 1 fully saturated rings. The molecule has 19 heavy (non-hydrogen) atoms. The molecular formula is C14H17IN2O2. The third-order valence-corrected chi connectivity index (χ3v) is 4.33. The molecule has 2 rings (SSSR count). The fraction of sp³-hybridized carbons (Fsp3) is 0.429. The molecule has 0 radical (unpaired) electrons. The van der Waals surface area contributed by atoms with E-state index in [0.717, 1.165) is 21.1 Å². The van der Waals surface area contributed by atoms with E-state index >= 15 is 0 Å². The fourth-order valence-corrected chi connectivity index (χ4v) is 3.28. The maximum absolute atomic E-state index is 12.6. The highest BCUT2D eigenvalue weighted by atomic mass is 127. The van der Waals surface area contributed by atoms with Crippen LogP contribution in [-0.4, -0.2) is 29.3 Å². The van der Waals surface area contributed by atoms with Crippen molar-refractivity contribution in [2.24, 2.45) is 5.73 Å². The van der Waals surface area contributed by atoms with E-state index in [2.05, 4.69) is 22.6 Å². The number of nitrogens with zero attached hydrogens (tertiary/aromatic N) is 1. The molecule has 1 saturated heterocycles. The lowest BCUT2D eigenvalue weighted by Crippen LogP contribution is -2.43. The van der Waals surface area contributed by atoms with Gasteiger partial charge in [0.15, 0.2) is 0 Å². The minimum Gasteiger partial charge on any atom is -0.368 e. The second-order valence-corrected chi connectivity index (χ2v) is 6.20. The van der Waals surface area contributed by atoms with Crippen molar-refractivity contribution < 1.29 is 9.59 Å². The van der Waals surface area contributed by atoms with E-state index in [9.17, 15) is 9.59 Å². The second-order valence-electron chi connectivity index (χ2n) is 4.95. The monoisotopic (exact) mass is 372 g/mol. The average Bonchev–Trinajstić information content (AvgIpc) is 2.82. The van der Waals surface area contributed by atoms with Gasteiger partial charge in [0, 0.05) is 15.7 Å². The maximum atomic E-state index is 12.6. The summed E-state index contributed by atoms with van der Waals surface area (Å²) < 4.78 is 1.03. The first-order valence-electron chi connectivity index (χ1n) is 6.29. The predicted molar refractivity (Wildman–Crippen MR) is 81.9 cm³/mol. The normalized spacial score (nSPS) is 18.7. The highest BCUT2D eigenvalue weighted by molar-refractivity contribution is 14.1. The van der Waals surface area contributed by atoms with Crippen LogP contribution in [0.4, 0.5) is 0 Å². The summed E-state index contributed by atoms with van der Waals surface area (Å²) >= 11 is 2.20. The van der Waals surface area contributed by atoms with Gasteiger partial charge in [-0.05, 0) is 72.5 Å². The van der Waals surface area contributed by atoms with Gasteiger partial charge >= 0.3 is 0 Å². The zero-order chi connectivity index (χ0) is 14.2. The zero-order valence-electron chi connectivity index (χ0n) is 11.1. The van der Waals surface area contributed by atoms with Crippen molar-refractivity contribution in [3.63, 3.8) is 0 Å². The van der Waals surface area contributed by atoms with Crippen LogP contribution in [-0.2, 0) is 4.79 Å². The molecule has 1 aliphatic heterocycles. The van der Waals surface area contributed by atoms with Gasteiger partial charge in [-0.1, -0.05) is 0 Å². The van der Waals surface area contributed by atoms with E-state index in [1.165, 1.54) is 0 Å². The number of primary amides is 1. The number of benzene rings is 1. The van der Waals surface area contributed by atoms with Crippen LogP contribution in [0.5, 0.6) is 0 Å². The first-order chi connectivity index (χ1) is 8.91. The molecule has 1 aromatic carbocycles. The molecule has 2 N–H and O–H groups in total. The Kier molecular flexibility index (Phi) is 4.13. The molecule has 102 valence electrons. The minimum atomic E-state index is -0.454. The highest BCUT2D eigenvalue weighted by Crippen LogP contribution is 2.24. The number of hydrogen-bond acceptors (Lipinski definition) is 2. The molecule has 1 atom stereocenters. The van der Waals surface area contributed by atoms with E-state index in [1.807, 2.05) is 26.0 Å². The number of carbonyl (C=O) groups excluding carboxylic acids is 2. The number of rotatable bonds is 2. The minimum absolute atomic E-state index is 0.0829. The lowest BCUT2D eigenvalue weighted by atomic mass is 10.0. The summed E-state index contributed by atoms with van der Waals surface area (Å²) in [7, 11) is 0. The molecule has 1 aliphatic rings. The zero-order valence-corrected chi connectivity index (χ0v) is 13.2. The Labute approximate surface area is 126 Å². The summed E-state index contributed by atoms with van der Waals surface area (Å²) in [5.74, 6) is -0.494. The Hall–Kier alpha value is -1.11. The average molecular weight is 372 g/mol. The van der Waals surface area contributed by atoms with Gasteiger partial charge in [0.1, 0.15) is 6.04 Å². The van der Waals surface area contributed by atoms with Crippen molar-refractivity contribution in [1.29, 1.82) is 0 Å².